The van der Waals surface area contributed by atoms with Crippen molar-refractivity contribution in [2.45, 2.75) is 19.6 Å². The molecule has 0 radical (unpaired) electrons. The minimum absolute atomic E-state index is 0.0398. The Morgan fingerprint density at radius 2 is 2.00 bits per heavy atom. The lowest BCUT2D eigenvalue weighted by atomic mass is 10.1. The number of H-pyrrole nitrogens is 1. The van der Waals surface area contributed by atoms with Gasteiger partial charge < -0.3 is 9.72 Å². The zero-order chi connectivity index (χ0) is 16.2. The van der Waals surface area contributed by atoms with Gasteiger partial charge in [0.2, 0.25) is 0 Å². The van der Waals surface area contributed by atoms with E-state index in [1.807, 2.05) is 18.2 Å². The van der Waals surface area contributed by atoms with Crippen LogP contribution in [0, 0.1) is 6.92 Å². The number of aryl methyl sites for hydroxylation is 1. The van der Waals surface area contributed by atoms with E-state index in [-0.39, 0.29) is 17.4 Å². The van der Waals surface area contributed by atoms with E-state index >= 15 is 0 Å². The van der Waals surface area contributed by atoms with E-state index < -0.39 is 0 Å². The van der Waals surface area contributed by atoms with Crippen molar-refractivity contribution in [2.75, 3.05) is 26.2 Å². The van der Waals surface area contributed by atoms with E-state index in [9.17, 15) is 9.59 Å². The number of ether oxygens (including phenoxy) is 1. The average molecular weight is 315 g/mol. The SMILES string of the molecule is Cc1cc(=O)n(CCN2CCOC(c3ccccc3)C2)c(=O)[nH]1. The fourth-order valence-corrected chi connectivity index (χ4v) is 2.86. The number of nitrogens with zero attached hydrogens (tertiary/aromatic N) is 2. The Balaban J connectivity index is 1.65. The summed E-state index contributed by atoms with van der Waals surface area (Å²) in [5, 5.41) is 0. The molecular formula is C17H21N3O3. The number of aromatic nitrogens is 2. The van der Waals surface area contributed by atoms with Crippen LogP contribution < -0.4 is 11.2 Å². The summed E-state index contributed by atoms with van der Waals surface area (Å²) in [6.45, 7) is 4.97. The maximum atomic E-state index is 11.9. The van der Waals surface area contributed by atoms with Gasteiger partial charge in [0.1, 0.15) is 0 Å². The lowest BCUT2D eigenvalue weighted by Gasteiger charge is -2.33. The number of nitrogens with one attached hydrogen (secondary N) is 1. The van der Waals surface area contributed by atoms with Crippen LogP contribution in [-0.2, 0) is 11.3 Å². The third-order valence-corrected chi connectivity index (χ3v) is 4.12. The van der Waals surface area contributed by atoms with Crippen molar-refractivity contribution in [1.82, 2.24) is 14.5 Å². The molecule has 1 fully saturated rings. The molecule has 0 bridgehead atoms. The standard InChI is InChI=1S/C17H21N3O3/c1-13-11-16(21)20(17(22)18-13)8-7-19-9-10-23-15(12-19)14-5-3-2-4-6-14/h2-6,11,15H,7-10,12H2,1H3,(H,18,22). The third-order valence-electron chi connectivity index (χ3n) is 4.12. The second kappa shape index (κ2) is 6.93. The molecule has 1 aliphatic heterocycles. The quantitative estimate of drug-likeness (QED) is 0.911. The molecule has 3 rings (SSSR count). The van der Waals surface area contributed by atoms with E-state index in [0.717, 1.165) is 18.7 Å². The minimum atomic E-state index is -0.345. The molecule has 0 aliphatic carbocycles. The summed E-state index contributed by atoms with van der Waals surface area (Å²) in [6.07, 6.45) is 0.0398. The van der Waals surface area contributed by atoms with Gasteiger partial charge in [-0.1, -0.05) is 30.3 Å². The predicted octanol–water partition coefficient (Wildman–Crippen LogP) is 0.919. The first-order chi connectivity index (χ1) is 11.1. The van der Waals surface area contributed by atoms with E-state index in [1.165, 1.54) is 10.6 Å². The summed E-state index contributed by atoms with van der Waals surface area (Å²) in [5.74, 6) is 0. The molecular weight excluding hydrogens is 294 g/mol. The highest BCUT2D eigenvalue weighted by Crippen LogP contribution is 2.21. The Bertz CT molecular complexity index is 735. The highest BCUT2D eigenvalue weighted by atomic mass is 16.5. The van der Waals surface area contributed by atoms with Crippen molar-refractivity contribution >= 4 is 0 Å². The number of morpholine rings is 1. The Morgan fingerprint density at radius 3 is 2.74 bits per heavy atom. The van der Waals surface area contributed by atoms with Crippen molar-refractivity contribution in [3.63, 3.8) is 0 Å². The summed E-state index contributed by atoms with van der Waals surface area (Å²) in [5.41, 5.74) is 1.15. The second-order valence-corrected chi connectivity index (χ2v) is 5.82. The summed E-state index contributed by atoms with van der Waals surface area (Å²) >= 11 is 0. The van der Waals surface area contributed by atoms with Gasteiger partial charge >= 0.3 is 5.69 Å². The predicted molar refractivity (Wildman–Crippen MR) is 87.6 cm³/mol. The topological polar surface area (TPSA) is 67.3 Å². The van der Waals surface area contributed by atoms with Crippen LogP contribution in [0.25, 0.3) is 0 Å². The van der Waals surface area contributed by atoms with Crippen LogP contribution >= 0.6 is 0 Å². The van der Waals surface area contributed by atoms with Crippen molar-refractivity contribution in [2.24, 2.45) is 0 Å². The monoisotopic (exact) mass is 315 g/mol. The van der Waals surface area contributed by atoms with E-state index in [1.54, 1.807) is 6.92 Å². The first-order valence-corrected chi connectivity index (χ1v) is 7.83. The maximum absolute atomic E-state index is 11.9. The molecule has 122 valence electrons. The normalized spacial score (nSPS) is 18.9. The van der Waals surface area contributed by atoms with Gasteiger partial charge in [0.05, 0.1) is 12.7 Å². The Morgan fingerprint density at radius 1 is 1.22 bits per heavy atom. The fraction of sp³-hybridized carbons (Fsp3) is 0.412. The number of hydrogen-bond donors (Lipinski definition) is 1. The van der Waals surface area contributed by atoms with Gasteiger partial charge in [-0.2, -0.15) is 0 Å². The van der Waals surface area contributed by atoms with Crippen LogP contribution in [0.5, 0.6) is 0 Å². The first kappa shape index (κ1) is 15.7. The van der Waals surface area contributed by atoms with Crippen LogP contribution in [0.1, 0.15) is 17.4 Å². The zero-order valence-electron chi connectivity index (χ0n) is 13.2. The molecule has 6 nitrogen and oxygen atoms in total. The van der Waals surface area contributed by atoms with E-state index in [2.05, 4.69) is 22.0 Å². The lowest BCUT2D eigenvalue weighted by molar-refractivity contribution is -0.0310. The summed E-state index contributed by atoms with van der Waals surface area (Å²) < 4.78 is 7.08. The van der Waals surface area contributed by atoms with Crippen molar-refractivity contribution in [3.8, 4) is 0 Å². The average Bonchev–Trinajstić information content (AvgIpc) is 2.55. The van der Waals surface area contributed by atoms with Crippen LogP contribution in [0.4, 0.5) is 0 Å². The summed E-state index contributed by atoms with van der Waals surface area (Å²) in [4.78, 5) is 28.7. The molecule has 23 heavy (non-hydrogen) atoms. The van der Waals surface area contributed by atoms with Crippen LogP contribution in [0.2, 0.25) is 0 Å². The lowest BCUT2D eigenvalue weighted by Crippen LogP contribution is -2.43. The molecule has 6 heteroatoms. The van der Waals surface area contributed by atoms with Crippen LogP contribution in [0.3, 0.4) is 0 Å². The molecule has 1 aromatic carbocycles. The largest absolute Gasteiger partial charge is 0.371 e. The molecule has 1 atom stereocenters. The van der Waals surface area contributed by atoms with Crippen molar-refractivity contribution in [1.29, 1.82) is 0 Å². The molecule has 0 amide bonds. The van der Waals surface area contributed by atoms with Crippen molar-refractivity contribution in [3.05, 3.63) is 68.5 Å². The molecule has 1 aromatic heterocycles. The summed E-state index contributed by atoms with van der Waals surface area (Å²) in [7, 11) is 0. The fourth-order valence-electron chi connectivity index (χ4n) is 2.86. The third kappa shape index (κ3) is 3.78. The Labute approximate surface area is 134 Å². The van der Waals surface area contributed by atoms with Crippen LogP contribution in [-0.4, -0.2) is 40.7 Å². The zero-order valence-corrected chi connectivity index (χ0v) is 13.2. The minimum Gasteiger partial charge on any atom is -0.371 e. The highest BCUT2D eigenvalue weighted by molar-refractivity contribution is 5.18. The van der Waals surface area contributed by atoms with Gasteiger partial charge in [-0.05, 0) is 12.5 Å². The molecule has 0 saturated carbocycles. The Kier molecular flexibility index (Phi) is 4.73. The number of benzene rings is 1. The van der Waals surface area contributed by atoms with Gasteiger partial charge in [0.25, 0.3) is 5.56 Å². The molecule has 1 saturated heterocycles. The Hall–Kier alpha value is -2.18. The van der Waals surface area contributed by atoms with Gasteiger partial charge in [-0.3, -0.25) is 14.3 Å². The highest BCUT2D eigenvalue weighted by Gasteiger charge is 2.21. The molecule has 2 heterocycles. The van der Waals surface area contributed by atoms with Gasteiger partial charge in [0.15, 0.2) is 0 Å². The molecule has 2 aromatic rings. The maximum Gasteiger partial charge on any atom is 0.328 e. The van der Waals surface area contributed by atoms with Gasteiger partial charge in [0, 0.05) is 37.9 Å². The first-order valence-electron chi connectivity index (χ1n) is 7.83. The van der Waals surface area contributed by atoms with E-state index in [0.29, 0.717) is 25.4 Å². The van der Waals surface area contributed by atoms with Crippen LogP contribution in [0.15, 0.2) is 46.0 Å². The van der Waals surface area contributed by atoms with E-state index in [4.69, 9.17) is 4.74 Å². The molecule has 1 aliphatic rings. The van der Waals surface area contributed by atoms with Gasteiger partial charge in [-0.25, -0.2) is 4.79 Å². The smallest absolute Gasteiger partial charge is 0.328 e. The molecule has 1 unspecified atom stereocenters. The second-order valence-electron chi connectivity index (χ2n) is 5.82. The summed E-state index contributed by atoms with van der Waals surface area (Å²) in [6, 6.07) is 11.6. The van der Waals surface area contributed by atoms with Crippen molar-refractivity contribution < 1.29 is 4.74 Å². The number of hydrogen-bond acceptors (Lipinski definition) is 4. The number of rotatable bonds is 4. The van der Waals surface area contributed by atoms with Gasteiger partial charge in [-0.15, -0.1) is 0 Å². The molecule has 0 spiro atoms. The number of aromatic amines is 1. The molecule has 1 N–H and O–H groups in total.